The van der Waals surface area contributed by atoms with E-state index >= 15 is 0 Å². The topological polar surface area (TPSA) is 3.24 Å². The van der Waals surface area contributed by atoms with Gasteiger partial charge in [0.15, 0.2) is 0 Å². The molecule has 0 fully saturated rings. The highest BCUT2D eigenvalue weighted by Crippen LogP contribution is 2.27. The maximum atomic E-state index is 13.5. The average Bonchev–Trinajstić information content (AvgIpc) is 2.38. The summed E-state index contributed by atoms with van der Waals surface area (Å²) in [5, 5.41) is 0. The molecule has 0 amide bonds. The van der Waals surface area contributed by atoms with Gasteiger partial charge in [0.25, 0.3) is 0 Å². The molecule has 1 aliphatic heterocycles. The van der Waals surface area contributed by atoms with E-state index in [1.807, 2.05) is 6.26 Å². The first-order chi connectivity index (χ1) is 8.22. The molecule has 1 aromatic rings. The van der Waals surface area contributed by atoms with Gasteiger partial charge in [0, 0.05) is 18.0 Å². The lowest BCUT2D eigenvalue weighted by atomic mass is 9.99. The molecular formula is C14H18FNS. The Kier molecular flexibility index (Phi) is 4.24. The summed E-state index contributed by atoms with van der Waals surface area (Å²) in [5.41, 5.74) is 2.33. The van der Waals surface area contributed by atoms with Crippen molar-refractivity contribution in [1.82, 2.24) is 4.90 Å². The molecule has 1 aliphatic rings. The van der Waals surface area contributed by atoms with Gasteiger partial charge < -0.3 is 0 Å². The number of hydrogen-bond acceptors (Lipinski definition) is 2. The van der Waals surface area contributed by atoms with Gasteiger partial charge in [-0.25, -0.2) is 4.39 Å². The van der Waals surface area contributed by atoms with Crippen LogP contribution in [0.1, 0.15) is 18.9 Å². The predicted molar refractivity (Wildman–Crippen MR) is 72.9 cm³/mol. The lowest BCUT2D eigenvalue weighted by Gasteiger charge is -2.25. The van der Waals surface area contributed by atoms with Gasteiger partial charge in [-0.15, -0.1) is 11.8 Å². The van der Waals surface area contributed by atoms with Gasteiger partial charge in [-0.2, -0.15) is 0 Å². The average molecular weight is 251 g/mol. The number of likely N-dealkylation sites (N-methyl/N-ethyl adjacent to an activating group) is 1. The molecule has 1 heterocycles. The van der Waals surface area contributed by atoms with Gasteiger partial charge in [-0.1, -0.05) is 13.0 Å². The predicted octanol–water partition coefficient (Wildman–Crippen LogP) is 3.66. The molecule has 3 heteroatoms. The van der Waals surface area contributed by atoms with E-state index in [2.05, 4.69) is 24.0 Å². The number of benzene rings is 1. The van der Waals surface area contributed by atoms with Crippen molar-refractivity contribution in [2.24, 2.45) is 0 Å². The molecule has 0 N–H and O–H groups in total. The van der Waals surface area contributed by atoms with Crippen LogP contribution >= 0.6 is 11.8 Å². The third-order valence-corrected chi connectivity index (χ3v) is 3.93. The van der Waals surface area contributed by atoms with Crippen molar-refractivity contribution in [3.63, 3.8) is 0 Å². The molecule has 92 valence electrons. The number of rotatable bonds is 3. The van der Waals surface area contributed by atoms with E-state index in [4.69, 9.17) is 0 Å². The molecule has 1 aromatic carbocycles. The minimum absolute atomic E-state index is 0.134. The summed E-state index contributed by atoms with van der Waals surface area (Å²) in [6.45, 7) is 5.32. The SMILES string of the molecule is CCN1CC=C(c2cc(F)cc(SC)c2)CC1. The standard InChI is InChI=1S/C14H18FNS/c1-3-16-6-4-11(5-7-16)12-8-13(15)10-14(9-12)17-2/h4,8-10H,3,5-7H2,1-2H3. The van der Waals surface area contributed by atoms with Crippen LogP contribution in [0.25, 0.3) is 5.57 Å². The van der Waals surface area contributed by atoms with Crippen molar-refractivity contribution in [3.8, 4) is 0 Å². The van der Waals surface area contributed by atoms with E-state index in [0.717, 1.165) is 36.5 Å². The molecule has 0 bridgehead atoms. The van der Waals surface area contributed by atoms with E-state index in [9.17, 15) is 4.39 Å². The van der Waals surface area contributed by atoms with Crippen LogP contribution in [-0.4, -0.2) is 30.8 Å². The lowest BCUT2D eigenvalue weighted by Crippen LogP contribution is -2.28. The fourth-order valence-corrected chi connectivity index (χ4v) is 2.60. The van der Waals surface area contributed by atoms with Crippen molar-refractivity contribution in [2.75, 3.05) is 25.9 Å². The van der Waals surface area contributed by atoms with Crippen LogP contribution in [0.4, 0.5) is 4.39 Å². The Hall–Kier alpha value is -0.800. The summed E-state index contributed by atoms with van der Waals surface area (Å²) >= 11 is 1.59. The van der Waals surface area contributed by atoms with Crippen LogP contribution in [-0.2, 0) is 0 Å². The molecule has 0 unspecified atom stereocenters. The Morgan fingerprint density at radius 1 is 1.35 bits per heavy atom. The zero-order chi connectivity index (χ0) is 12.3. The first kappa shape index (κ1) is 12.7. The lowest BCUT2D eigenvalue weighted by molar-refractivity contribution is 0.318. The number of hydrogen-bond donors (Lipinski definition) is 0. The molecule has 0 aliphatic carbocycles. The number of thioether (sulfide) groups is 1. The second kappa shape index (κ2) is 5.69. The maximum absolute atomic E-state index is 13.5. The summed E-state index contributed by atoms with van der Waals surface area (Å²) in [6, 6.07) is 5.32. The molecular weight excluding hydrogens is 233 g/mol. The second-order valence-corrected chi connectivity index (χ2v) is 5.13. The van der Waals surface area contributed by atoms with Gasteiger partial charge in [0.1, 0.15) is 5.82 Å². The fourth-order valence-electron chi connectivity index (χ4n) is 2.13. The molecule has 0 radical (unpaired) electrons. The van der Waals surface area contributed by atoms with Crippen LogP contribution in [0, 0.1) is 5.82 Å². The highest BCUT2D eigenvalue weighted by atomic mass is 32.2. The zero-order valence-corrected chi connectivity index (χ0v) is 11.2. The monoisotopic (exact) mass is 251 g/mol. The van der Waals surface area contributed by atoms with Gasteiger partial charge in [0.05, 0.1) is 0 Å². The molecule has 0 aromatic heterocycles. The quantitative estimate of drug-likeness (QED) is 0.754. The Balaban J connectivity index is 2.23. The van der Waals surface area contributed by atoms with E-state index in [1.54, 1.807) is 23.9 Å². The molecule has 0 spiro atoms. The Morgan fingerprint density at radius 3 is 2.76 bits per heavy atom. The van der Waals surface area contributed by atoms with Gasteiger partial charge in [-0.05, 0) is 48.6 Å². The second-order valence-electron chi connectivity index (χ2n) is 4.25. The Morgan fingerprint density at radius 2 is 2.18 bits per heavy atom. The summed E-state index contributed by atoms with van der Waals surface area (Å²) in [6.07, 6.45) is 5.23. The molecule has 1 nitrogen and oxygen atoms in total. The van der Waals surface area contributed by atoms with Gasteiger partial charge in [-0.3, -0.25) is 4.90 Å². The minimum Gasteiger partial charge on any atom is -0.300 e. The molecule has 2 rings (SSSR count). The molecule has 17 heavy (non-hydrogen) atoms. The van der Waals surface area contributed by atoms with Crippen LogP contribution < -0.4 is 0 Å². The van der Waals surface area contributed by atoms with Crippen molar-refractivity contribution >= 4 is 17.3 Å². The van der Waals surface area contributed by atoms with Crippen molar-refractivity contribution in [3.05, 3.63) is 35.7 Å². The summed E-state index contributed by atoms with van der Waals surface area (Å²) in [4.78, 5) is 3.39. The van der Waals surface area contributed by atoms with Gasteiger partial charge >= 0.3 is 0 Å². The van der Waals surface area contributed by atoms with Crippen molar-refractivity contribution in [2.45, 2.75) is 18.2 Å². The summed E-state index contributed by atoms with van der Waals surface area (Å²) in [5.74, 6) is -0.134. The first-order valence-electron chi connectivity index (χ1n) is 5.99. The molecule has 0 saturated carbocycles. The minimum atomic E-state index is -0.134. The summed E-state index contributed by atoms with van der Waals surface area (Å²) in [7, 11) is 0. The van der Waals surface area contributed by atoms with Crippen molar-refractivity contribution < 1.29 is 4.39 Å². The normalized spacial score (nSPS) is 17.0. The molecule has 0 atom stereocenters. The Bertz CT molecular complexity index is 428. The van der Waals surface area contributed by atoms with E-state index < -0.39 is 0 Å². The highest BCUT2D eigenvalue weighted by molar-refractivity contribution is 7.98. The van der Waals surface area contributed by atoms with Crippen LogP contribution in [0.15, 0.2) is 29.2 Å². The Labute approximate surface area is 107 Å². The number of nitrogens with zero attached hydrogens (tertiary/aromatic N) is 1. The summed E-state index contributed by atoms with van der Waals surface area (Å²) < 4.78 is 13.5. The third-order valence-electron chi connectivity index (χ3n) is 3.22. The van der Waals surface area contributed by atoms with E-state index in [1.165, 1.54) is 5.57 Å². The van der Waals surface area contributed by atoms with E-state index in [-0.39, 0.29) is 5.82 Å². The number of halogens is 1. The highest BCUT2D eigenvalue weighted by Gasteiger charge is 2.12. The zero-order valence-electron chi connectivity index (χ0n) is 10.4. The van der Waals surface area contributed by atoms with Crippen LogP contribution in [0.2, 0.25) is 0 Å². The third kappa shape index (κ3) is 3.11. The van der Waals surface area contributed by atoms with Gasteiger partial charge in [0.2, 0.25) is 0 Å². The smallest absolute Gasteiger partial charge is 0.124 e. The van der Waals surface area contributed by atoms with Crippen LogP contribution in [0.5, 0.6) is 0 Å². The maximum Gasteiger partial charge on any atom is 0.124 e. The van der Waals surface area contributed by atoms with E-state index in [0.29, 0.717) is 0 Å². The first-order valence-corrected chi connectivity index (χ1v) is 7.21. The molecule has 0 saturated heterocycles. The largest absolute Gasteiger partial charge is 0.300 e. The van der Waals surface area contributed by atoms with Crippen molar-refractivity contribution in [1.29, 1.82) is 0 Å². The van der Waals surface area contributed by atoms with Crippen LogP contribution in [0.3, 0.4) is 0 Å². The fraction of sp³-hybridized carbons (Fsp3) is 0.429.